The molecule has 0 aromatic rings. The predicted octanol–water partition coefficient (Wildman–Crippen LogP) is -10.3. The second-order valence-electron chi connectivity index (χ2n) is 12.4. The molecule has 0 spiro atoms. The number of carbonyl (C=O) groups excluding carboxylic acids is 1. The average molecular weight is 764 g/mol. The lowest BCUT2D eigenvalue weighted by Crippen LogP contribution is -2.67. The van der Waals surface area contributed by atoms with Crippen LogP contribution in [0.15, 0.2) is 0 Å². The summed E-state index contributed by atoms with van der Waals surface area (Å²) in [4.78, 5) is 12.8. The highest BCUT2D eigenvalue weighted by atomic mass is 16.7. The molecule has 4 rings (SSSR count). The minimum absolute atomic E-state index is 0.222. The van der Waals surface area contributed by atoms with Gasteiger partial charge in [-0.3, -0.25) is 4.79 Å². The molecule has 0 saturated carbocycles. The van der Waals surface area contributed by atoms with Gasteiger partial charge in [0.2, 0.25) is 5.91 Å². The summed E-state index contributed by atoms with van der Waals surface area (Å²) in [6.07, 6.45) is -25.8. The molecule has 0 bridgehead atoms. The molecule has 52 heavy (non-hydrogen) atoms. The Labute approximate surface area is 295 Å². The molecule has 302 valence electrons. The van der Waals surface area contributed by atoms with E-state index in [1.54, 1.807) is 0 Å². The van der Waals surface area contributed by atoms with Gasteiger partial charge in [-0.05, 0) is 0 Å². The first-order valence-corrected chi connectivity index (χ1v) is 16.0. The fraction of sp³-hybridized carbons (Fsp3) is 0.897. The monoisotopic (exact) mass is 763 g/mol. The quantitative estimate of drug-likeness (QED) is 0.0918. The molecule has 8 unspecified atom stereocenters. The molecule has 23 nitrogen and oxygen atoms in total. The number of hydrogen-bond acceptors (Lipinski definition) is 22. The van der Waals surface area contributed by atoms with Gasteiger partial charge < -0.3 is 110 Å². The van der Waals surface area contributed by atoms with Crippen molar-refractivity contribution in [1.29, 1.82) is 0 Å². The summed E-state index contributed by atoms with van der Waals surface area (Å²) < 4.78 is 31.4. The maximum absolute atomic E-state index is 11.8. The van der Waals surface area contributed by atoms with E-state index in [2.05, 4.69) is 5.92 Å². The third-order valence-electron chi connectivity index (χ3n) is 8.93. The zero-order valence-corrected chi connectivity index (χ0v) is 27.7. The number of hydrogen-bond donors (Lipinski definition) is 15. The van der Waals surface area contributed by atoms with Gasteiger partial charge in [-0.2, -0.15) is 0 Å². The Balaban J connectivity index is 0.000000288. The Kier molecular flexibility index (Phi) is 16.9. The smallest absolute Gasteiger partial charge is 0.222 e. The van der Waals surface area contributed by atoms with Gasteiger partial charge in [0.15, 0.2) is 25.1 Å². The maximum atomic E-state index is 11.8. The topological polar surface area (TPSA) is 379 Å². The second kappa shape index (κ2) is 19.7. The van der Waals surface area contributed by atoms with Gasteiger partial charge in [0.05, 0.1) is 33.0 Å². The Hall–Kier alpha value is -1.81. The van der Waals surface area contributed by atoms with Crippen molar-refractivity contribution in [2.75, 3.05) is 33.0 Å². The summed E-state index contributed by atoms with van der Waals surface area (Å²) >= 11 is 0. The minimum Gasteiger partial charge on any atom is -0.394 e. The van der Waals surface area contributed by atoms with Crippen LogP contribution in [-0.4, -0.2) is 243 Å². The second-order valence-corrected chi connectivity index (χ2v) is 12.4. The van der Waals surface area contributed by atoms with Crippen molar-refractivity contribution in [1.82, 2.24) is 4.90 Å². The van der Waals surface area contributed by atoms with Crippen LogP contribution in [0.2, 0.25) is 0 Å². The molecule has 4 heterocycles. The van der Waals surface area contributed by atoms with Crippen LogP contribution in [-0.2, 0) is 33.2 Å². The van der Waals surface area contributed by atoms with Crippen LogP contribution in [0.4, 0.5) is 0 Å². The van der Waals surface area contributed by atoms with Crippen molar-refractivity contribution in [3.63, 3.8) is 0 Å². The third kappa shape index (κ3) is 9.70. The average Bonchev–Trinajstić information content (AvgIpc) is 3.13. The Bertz CT molecular complexity index is 1140. The fourth-order valence-corrected chi connectivity index (χ4v) is 5.88. The van der Waals surface area contributed by atoms with Gasteiger partial charge in [-0.15, -0.1) is 6.42 Å². The fourth-order valence-electron chi connectivity index (χ4n) is 5.88. The van der Waals surface area contributed by atoms with Crippen molar-refractivity contribution in [2.45, 2.75) is 130 Å². The molecule has 4 aliphatic heterocycles. The Morgan fingerprint density at radius 1 is 0.558 bits per heavy atom. The van der Waals surface area contributed by atoms with Crippen molar-refractivity contribution >= 4 is 5.91 Å². The largest absolute Gasteiger partial charge is 0.394 e. The van der Waals surface area contributed by atoms with E-state index in [1.165, 1.54) is 6.92 Å². The zero-order valence-electron chi connectivity index (χ0n) is 27.7. The Morgan fingerprint density at radius 2 is 0.962 bits per heavy atom. The molecule has 1 amide bonds. The van der Waals surface area contributed by atoms with E-state index in [9.17, 15) is 76.3 Å². The third-order valence-corrected chi connectivity index (χ3v) is 8.93. The normalized spacial score (nSPS) is 46.8. The molecule has 0 radical (unpaired) electrons. The molecule has 4 aliphatic rings. The lowest BCUT2D eigenvalue weighted by atomic mass is 9.96. The SMILES string of the molecule is C#CCN(C(C)=O)[C@@H]1O[C@@H](CO)[C@@H](O[C@@H]2OC(CO)[C@@H](O)[C@H](O)C2O)C(O)C1O.OCC1O[C@@H](O[C@H]2C(O)C(O)[C@H](O)O[C@H]2CO)C(O)[C@@H](O)[C@@H]1O. The van der Waals surface area contributed by atoms with E-state index in [0.29, 0.717) is 0 Å². The van der Waals surface area contributed by atoms with Gasteiger partial charge in [0.1, 0.15) is 97.7 Å². The summed E-state index contributed by atoms with van der Waals surface area (Å²) in [5.41, 5.74) is 0. The standard InChI is InChI=1S/C17H27NO11.C12H22O11/c1-3-4-18(7(2)21)16-13(25)12(24)15(9(6-20)27-16)29-17-14(26)11(23)10(22)8(5-19)28-17;13-1-3-5(15)6(16)9(19)12(22-3)23-10-4(2-14)21-11(20)8(18)7(10)17/h1,8-17,19-20,22-26H,4-6H2,2H3;3-20H,1-2H2/t8?,9-,10+,11-,12?,13?,14?,15+,16+,17-;3?,4-,5+,6-,7?,8?,9?,10+,11+,12-/m00/s1. The summed E-state index contributed by atoms with van der Waals surface area (Å²) in [6.45, 7) is -1.78. The lowest BCUT2D eigenvalue weighted by molar-refractivity contribution is -0.355. The number of aliphatic hydroxyl groups excluding tert-OH is 15. The van der Waals surface area contributed by atoms with Crippen LogP contribution in [0.25, 0.3) is 0 Å². The van der Waals surface area contributed by atoms with Crippen LogP contribution in [0.3, 0.4) is 0 Å². The van der Waals surface area contributed by atoms with Gasteiger partial charge >= 0.3 is 0 Å². The zero-order chi connectivity index (χ0) is 39.2. The molecule has 0 aromatic carbocycles. The molecular formula is C29H49NO22. The Morgan fingerprint density at radius 3 is 1.35 bits per heavy atom. The molecule has 23 heteroatoms. The summed E-state index contributed by atoms with van der Waals surface area (Å²) in [7, 11) is 0. The van der Waals surface area contributed by atoms with E-state index >= 15 is 0 Å². The molecule has 15 N–H and O–H groups in total. The molecule has 20 atom stereocenters. The lowest BCUT2D eigenvalue weighted by Gasteiger charge is -2.47. The first-order chi connectivity index (χ1) is 24.5. The highest BCUT2D eigenvalue weighted by molar-refractivity contribution is 5.73. The van der Waals surface area contributed by atoms with Crippen LogP contribution in [0.5, 0.6) is 0 Å². The van der Waals surface area contributed by atoms with Crippen molar-refractivity contribution < 1.29 is 110 Å². The minimum atomic E-state index is -1.76. The van der Waals surface area contributed by atoms with E-state index in [1.807, 2.05) is 0 Å². The van der Waals surface area contributed by atoms with E-state index in [4.69, 9.17) is 40.0 Å². The number of aliphatic hydroxyl groups is 15. The van der Waals surface area contributed by atoms with Crippen LogP contribution >= 0.6 is 0 Å². The highest BCUT2D eigenvalue weighted by Gasteiger charge is 2.52. The molecule has 4 saturated heterocycles. The number of carbonyl (C=O) groups is 1. The van der Waals surface area contributed by atoms with Crippen LogP contribution < -0.4 is 0 Å². The number of nitrogens with zero attached hydrogens (tertiary/aromatic N) is 1. The molecule has 0 aliphatic carbocycles. The van der Waals surface area contributed by atoms with Gasteiger partial charge in [-0.1, -0.05) is 5.92 Å². The number of terminal acetylenes is 1. The molecule has 0 aromatic heterocycles. The molecular weight excluding hydrogens is 714 g/mol. The van der Waals surface area contributed by atoms with Crippen molar-refractivity contribution in [2.24, 2.45) is 0 Å². The maximum Gasteiger partial charge on any atom is 0.222 e. The van der Waals surface area contributed by atoms with Gasteiger partial charge in [0.25, 0.3) is 0 Å². The molecule has 4 fully saturated rings. The number of ether oxygens (including phenoxy) is 6. The van der Waals surface area contributed by atoms with E-state index < -0.39 is 155 Å². The van der Waals surface area contributed by atoms with Crippen molar-refractivity contribution in [3.05, 3.63) is 0 Å². The number of amides is 1. The van der Waals surface area contributed by atoms with Crippen LogP contribution in [0, 0.1) is 12.3 Å². The summed E-state index contributed by atoms with van der Waals surface area (Å²) in [5, 5.41) is 146. The van der Waals surface area contributed by atoms with E-state index in [0.717, 1.165) is 4.90 Å². The highest BCUT2D eigenvalue weighted by Crippen LogP contribution is 2.31. The van der Waals surface area contributed by atoms with Crippen molar-refractivity contribution in [3.8, 4) is 12.3 Å². The van der Waals surface area contributed by atoms with E-state index in [-0.39, 0.29) is 6.54 Å². The summed E-state index contributed by atoms with van der Waals surface area (Å²) in [6, 6.07) is 0. The van der Waals surface area contributed by atoms with Gasteiger partial charge in [-0.25, -0.2) is 0 Å². The first kappa shape index (κ1) is 44.6. The number of rotatable bonds is 10. The summed E-state index contributed by atoms with van der Waals surface area (Å²) in [5.74, 6) is 1.69. The van der Waals surface area contributed by atoms with Crippen LogP contribution in [0.1, 0.15) is 6.92 Å². The first-order valence-electron chi connectivity index (χ1n) is 16.0. The predicted molar refractivity (Wildman–Crippen MR) is 161 cm³/mol. The van der Waals surface area contributed by atoms with Gasteiger partial charge in [0, 0.05) is 6.92 Å².